The number of rotatable bonds is 13. The fourth-order valence-corrected chi connectivity index (χ4v) is 7.10. The molecule has 2 aliphatic heterocycles. The summed E-state index contributed by atoms with van der Waals surface area (Å²) in [7, 11) is 1.84. The Morgan fingerprint density at radius 2 is 1.67 bits per heavy atom. The summed E-state index contributed by atoms with van der Waals surface area (Å²) in [5.74, 6) is -5.02. The first kappa shape index (κ1) is 41.8. The molecule has 5 N–H and O–H groups in total. The Morgan fingerprint density at radius 1 is 0.981 bits per heavy atom. The average Bonchev–Trinajstić information content (AvgIpc) is 3.13. The molecule has 16 heteroatoms. The fourth-order valence-electron chi connectivity index (χ4n) is 6.79. The van der Waals surface area contributed by atoms with Gasteiger partial charge >= 0.3 is 23.9 Å². The monoisotopic (exact) mass is 783 g/mol. The highest BCUT2D eigenvalue weighted by Crippen LogP contribution is 2.30. The second kappa shape index (κ2) is 18.9. The van der Waals surface area contributed by atoms with E-state index < -0.39 is 36.4 Å². The Morgan fingerprint density at radius 3 is 2.26 bits per heavy atom. The molecule has 2 aliphatic rings. The van der Waals surface area contributed by atoms with Crippen molar-refractivity contribution in [2.24, 2.45) is 0 Å². The first-order valence-corrected chi connectivity index (χ1v) is 18.2. The number of likely N-dealkylation sites (tertiary alicyclic amines) is 1. The Hall–Kier alpha value is -4.94. The van der Waals surface area contributed by atoms with Crippen LogP contribution in [0.5, 0.6) is 0 Å². The molecule has 0 saturated carbocycles. The molecule has 1 atom stereocenters. The Kier molecular flexibility index (Phi) is 14.6. The molecule has 5 rings (SSSR count). The summed E-state index contributed by atoms with van der Waals surface area (Å²) >= 11 is 12.6. The summed E-state index contributed by atoms with van der Waals surface area (Å²) < 4.78 is 0. The van der Waals surface area contributed by atoms with Crippen molar-refractivity contribution in [2.45, 2.75) is 56.1 Å². The number of fused-ring (bicyclic) bond motifs is 1. The van der Waals surface area contributed by atoms with Crippen LogP contribution in [0.25, 0.3) is 10.8 Å². The number of nitriles is 1. The van der Waals surface area contributed by atoms with Gasteiger partial charge in [0.2, 0.25) is 0 Å². The van der Waals surface area contributed by atoms with Gasteiger partial charge in [-0.15, -0.1) is 0 Å². The average molecular weight is 785 g/mol. The minimum absolute atomic E-state index is 0.0597. The van der Waals surface area contributed by atoms with Crippen LogP contribution < -0.4 is 5.32 Å². The number of nitrogens with one attached hydrogen (secondary N) is 1. The van der Waals surface area contributed by atoms with E-state index in [1.54, 1.807) is 11.0 Å². The summed E-state index contributed by atoms with van der Waals surface area (Å²) in [6.07, 6.45) is 1.51. The van der Waals surface area contributed by atoms with E-state index in [0.717, 1.165) is 74.7 Å². The molecule has 0 spiro atoms. The predicted molar refractivity (Wildman–Crippen MR) is 201 cm³/mol. The van der Waals surface area contributed by atoms with Gasteiger partial charge in [0.05, 0.1) is 34.5 Å². The number of carbonyl (C=O) groups is 5. The summed E-state index contributed by atoms with van der Waals surface area (Å²) in [6, 6.07) is 19.3. The molecule has 3 aromatic carbocycles. The molecule has 0 aromatic heterocycles. The van der Waals surface area contributed by atoms with Crippen molar-refractivity contribution in [3.05, 3.63) is 81.3 Å². The van der Waals surface area contributed by atoms with Gasteiger partial charge in [0.15, 0.2) is 5.60 Å². The fraction of sp³-hybridized carbons (Fsp3) is 0.421. The number of amides is 3. The van der Waals surface area contributed by atoms with E-state index in [1.165, 1.54) is 0 Å². The van der Waals surface area contributed by atoms with Gasteiger partial charge in [-0.3, -0.25) is 14.4 Å². The number of aliphatic carboxylic acids is 3. The van der Waals surface area contributed by atoms with Crippen LogP contribution in [-0.4, -0.2) is 123 Å². The number of hydrogen-bond donors (Lipinski definition) is 5. The van der Waals surface area contributed by atoms with E-state index in [0.29, 0.717) is 33.8 Å². The molecule has 2 heterocycles. The van der Waals surface area contributed by atoms with Crippen molar-refractivity contribution in [3.8, 4) is 6.07 Å². The minimum Gasteiger partial charge on any atom is -0.481 e. The molecule has 0 radical (unpaired) electrons. The van der Waals surface area contributed by atoms with E-state index in [4.69, 9.17) is 43.6 Å². The Bertz CT molecular complexity index is 1900. The van der Waals surface area contributed by atoms with E-state index in [-0.39, 0.29) is 17.9 Å². The lowest BCUT2D eigenvalue weighted by atomic mass is 9.93. The van der Waals surface area contributed by atoms with Gasteiger partial charge in [0.1, 0.15) is 0 Å². The highest BCUT2D eigenvalue weighted by Gasteiger charge is 2.41. The molecular formula is C38H43Cl2N5O9. The number of nitrogens with zero attached hydrogens (tertiary/aromatic N) is 4. The van der Waals surface area contributed by atoms with Crippen molar-refractivity contribution in [3.63, 3.8) is 0 Å². The Balaban J connectivity index is 0.000000428. The molecular weight excluding hydrogens is 741 g/mol. The standard InChI is InChI=1S/C32H35Cl2N5O2.C6H8O7/c1-37(31(40)28-5-2-4-24-18-22(20-35)6-8-27(24)28)21-25(23-7-9-29(33)30(34)19-23)10-15-38-16-11-26(12-17-38)39-14-3-13-36-32(39)41;7-3(8)1-6(13,5(11)12)2-4(9)10/h2,4-9,18-19,25-26H,3,10-17,21H2,1H3,(H,36,41);13H,1-2H2,(H,7,8)(H,9,10)(H,11,12)/t25-;/m1./s1. The second-order valence-corrected chi connectivity index (χ2v) is 14.3. The minimum atomic E-state index is -2.74. The number of aliphatic hydroxyl groups is 1. The summed E-state index contributed by atoms with van der Waals surface area (Å²) in [5, 5.41) is 48.8. The lowest BCUT2D eigenvalue weighted by Crippen LogP contribution is -2.54. The molecule has 2 fully saturated rings. The maximum atomic E-state index is 13.7. The highest BCUT2D eigenvalue weighted by atomic mass is 35.5. The van der Waals surface area contributed by atoms with E-state index in [1.807, 2.05) is 60.5 Å². The summed E-state index contributed by atoms with van der Waals surface area (Å²) in [6.45, 7) is 4.90. The van der Waals surface area contributed by atoms with Crippen LogP contribution in [0.3, 0.4) is 0 Å². The number of hydrogen-bond acceptors (Lipinski definition) is 8. The molecule has 3 aromatic rings. The quantitative estimate of drug-likeness (QED) is 0.157. The predicted octanol–water partition coefficient (Wildman–Crippen LogP) is 4.90. The number of urea groups is 1. The van der Waals surface area contributed by atoms with Crippen molar-refractivity contribution < 1.29 is 44.4 Å². The molecule has 0 aliphatic carbocycles. The van der Waals surface area contributed by atoms with Gasteiger partial charge in [0.25, 0.3) is 5.91 Å². The smallest absolute Gasteiger partial charge is 0.336 e. The zero-order valence-corrected chi connectivity index (χ0v) is 31.2. The van der Waals surface area contributed by atoms with Crippen molar-refractivity contribution >= 4 is 63.8 Å². The van der Waals surface area contributed by atoms with Crippen LogP contribution in [0.1, 0.15) is 65.9 Å². The third-order valence-corrected chi connectivity index (χ3v) is 10.4. The molecule has 0 unspecified atom stereocenters. The number of benzene rings is 3. The number of piperidine rings is 1. The first-order chi connectivity index (χ1) is 25.6. The topological polar surface area (TPSA) is 212 Å². The van der Waals surface area contributed by atoms with Gasteiger partial charge in [-0.2, -0.15) is 5.26 Å². The number of halogens is 2. The van der Waals surface area contributed by atoms with E-state index >= 15 is 0 Å². The molecule has 54 heavy (non-hydrogen) atoms. The molecule has 0 bridgehead atoms. The number of carboxylic acid groups (broad SMARTS) is 3. The zero-order valence-electron chi connectivity index (χ0n) is 29.7. The summed E-state index contributed by atoms with van der Waals surface area (Å²) in [4.78, 5) is 62.7. The maximum Gasteiger partial charge on any atom is 0.336 e. The van der Waals surface area contributed by atoms with Crippen LogP contribution in [0.2, 0.25) is 10.0 Å². The first-order valence-electron chi connectivity index (χ1n) is 17.4. The van der Waals surface area contributed by atoms with Crippen LogP contribution in [0.15, 0.2) is 54.6 Å². The van der Waals surface area contributed by atoms with E-state index in [9.17, 15) is 29.2 Å². The van der Waals surface area contributed by atoms with Crippen LogP contribution in [0, 0.1) is 11.3 Å². The van der Waals surface area contributed by atoms with Gasteiger partial charge in [-0.05, 0) is 78.9 Å². The van der Waals surface area contributed by atoms with Gasteiger partial charge in [0, 0.05) is 57.3 Å². The van der Waals surface area contributed by atoms with Crippen LogP contribution in [0.4, 0.5) is 4.79 Å². The number of carbonyl (C=O) groups excluding carboxylic acids is 2. The van der Waals surface area contributed by atoms with Crippen molar-refractivity contribution in [1.82, 2.24) is 20.0 Å². The third-order valence-electron chi connectivity index (χ3n) is 9.69. The van der Waals surface area contributed by atoms with Crippen LogP contribution in [-0.2, 0) is 14.4 Å². The zero-order chi connectivity index (χ0) is 39.6. The van der Waals surface area contributed by atoms with E-state index in [2.05, 4.69) is 16.3 Å². The molecule has 288 valence electrons. The maximum absolute atomic E-state index is 13.7. The molecule has 14 nitrogen and oxygen atoms in total. The second-order valence-electron chi connectivity index (χ2n) is 13.5. The van der Waals surface area contributed by atoms with Crippen molar-refractivity contribution in [1.29, 1.82) is 5.26 Å². The summed E-state index contributed by atoms with van der Waals surface area (Å²) in [5.41, 5.74) is -0.502. The SMILES string of the molecule is CN(C[C@@H](CCN1CCC(N2CCCNC2=O)CC1)c1ccc(Cl)c(Cl)c1)C(=O)c1cccc2cc(C#N)ccc12.O=C(O)CC(O)(CC(=O)O)C(=O)O. The van der Waals surface area contributed by atoms with Gasteiger partial charge < -0.3 is 40.4 Å². The molecule has 3 amide bonds. The Labute approximate surface area is 322 Å². The van der Waals surface area contributed by atoms with Gasteiger partial charge in [-0.1, -0.05) is 47.5 Å². The molecule has 2 saturated heterocycles. The van der Waals surface area contributed by atoms with Crippen LogP contribution >= 0.6 is 23.2 Å². The largest absolute Gasteiger partial charge is 0.481 e. The number of carboxylic acids is 3. The normalized spacial score (nSPS) is 15.7. The van der Waals surface area contributed by atoms with Gasteiger partial charge in [-0.25, -0.2) is 9.59 Å². The number of likely N-dealkylation sites (N-methyl/N-ethyl adjacent to an activating group) is 1. The van der Waals surface area contributed by atoms with Crippen molar-refractivity contribution in [2.75, 3.05) is 46.3 Å². The lowest BCUT2D eigenvalue weighted by molar-refractivity contribution is -0.170. The lowest BCUT2D eigenvalue weighted by Gasteiger charge is -2.40. The third kappa shape index (κ3) is 11.0. The highest BCUT2D eigenvalue weighted by molar-refractivity contribution is 6.42.